The maximum Gasteiger partial charge on any atom is 0.191 e. The minimum Gasteiger partial charge on any atom is -0.392 e. The van der Waals surface area contributed by atoms with Crippen molar-refractivity contribution in [2.45, 2.75) is 58.0 Å². The van der Waals surface area contributed by atoms with Crippen LogP contribution in [0.5, 0.6) is 0 Å². The molecule has 2 rings (SSSR count). The fourth-order valence-corrected chi connectivity index (χ4v) is 3.05. The molecule has 1 saturated heterocycles. The summed E-state index contributed by atoms with van der Waals surface area (Å²) in [6, 6.07) is 0. The van der Waals surface area contributed by atoms with Gasteiger partial charge in [0.15, 0.2) is 5.96 Å². The van der Waals surface area contributed by atoms with E-state index in [2.05, 4.69) is 16.8 Å². The first-order valence-electron chi connectivity index (χ1n) is 7.35. The van der Waals surface area contributed by atoms with Crippen LogP contribution in [0.4, 0.5) is 0 Å². The summed E-state index contributed by atoms with van der Waals surface area (Å²) < 4.78 is 0. The number of rotatable bonds is 2. The van der Waals surface area contributed by atoms with Gasteiger partial charge in [-0.2, -0.15) is 0 Å². The quantitative estimate of drug-likeness (QED) is 0.582. The summed E-state index contributed by atoms with van der Waals surface area (Å²) in [5.41, 5.74) is 5.99. The molecular weight excluding hydrogens is 226 g/mol. The SMILES string of the molecule is CC1(CN=C(N)N2CCCCC2)CCCCC1O. The highest BCUT2D eigenvalue weighted by Crippen LogP contribution is 2.36. The molecule has 2 atom stereocenters. The Kier molecular flexibility index (Phi) is 4.49. The smallest absolute Gasteiger partial charge is 0.191 e. The topological polar surface area (TPSA) is 61.8 Å². The lowest BCUT2D eigenvalue weighted by Crippen LogP contribution is -2.43. The van der Waals surface area contributed by atoms with Gasteiger partial charge in [0, 0.05) is 18.5 Å². The summed E-state index contributed by atoms with van der Waals surface area (Å²) in [5, 5.41) is 10.1. The molecule has 1 heterocycles. The summed E-state index contributed by atoms with van der Waals surface area (Å²) in [6.45, 7) is 4.88. The Bertz CT molecular complexity index is 299. The molecule has 3 N–H and O–H groups in total. The van der Waals surface area contributed by atoms with E-state index in [9.17, 15) is 5.11 Å². The number of hydrogen-bond acceptors (Lipinski definition) is 2. The summed E-state index contributed by atoms with van der Waals surface area (Å²) in [6.07, 6.45) is 7.84. The predicted molar refractivity (Wildman–Crippen MR) is 74.5 cm³/mol. The minimum absolute atomic E-state index is 0.0708. The summed E-state index contributed by atoms with van der Waals surface area (Å²) >= 11 is 0. The second-order valence-electron chi connectivity index (χ2n) is 6.14. The van der Waals surface area contributed by atoms with E-state index < -0.39 is 0 Å². The van der Waals surface area contributed by atoms with Gasteiger partial charge in [0.25, 0.3) is 0 Å². The van der Waals surface area contributed by atoms with Crippen molar-refractivity contribution in [2.24, 2.45) is 16.1 Å². The van der Waals surface area contributed by atoms with Crippen molar-refractivity contribution in [3.8, 4) is 0 Å². The van der Waals surface area contributed by atoms with Gasteiger partial charge in [0.05, 0.1) is 12.6 Å². The molecule has 0 aromatic heterocycles. The third kappa shape index (κ3) is 3.16. The lowest BCUT2D eigenvalue weighted by atomic mass is 9.73. The molecule has 0 amide bonds. The largest absolute Gasteiger partial charge is 0.392 e. The molecule has 2 unspecified atom stereocenters. The Hall–Kier alpha value is -0.770. The molecule has 2 fully saturated rings. The van der Waals surface area contributed by atoms with Crippen LogP contribution in [-0.2, 0) is 0 Å². The molecule has 0 spiro atoms. The van der Waals surface area contributed by atoms with E-state index in [0.717, 1.165) is 32.4 Å². The molecule has 1 saturated carbocycles. The van der Waals surface area contributed by atoms with Gasteiger partial charge in [0.2, 0.25) is 0 Å². The number of hydrogen-bond donors (Lipinski definition) is 2. The van der Waals surface area contributed by atoms with Gasteiger partial charge in [-0.15, -0.1) is 0 Å². The third-order valence-corrected chi connectivity index (χ3v) is 4.56. The lowest BCUT2D eigenvalue weighted by molar-refractivity contribution is 0.00706. The first kappa shape index (κ1) is 13.7. The van der Waals surface area contributed by atoms with Crippen molar-refractivity contribution in [1.82, 2.24) is 4.90 Å². The average molecular weight is 253 g/mol. The summed E-state index contributed by atoms with van der Waals surface area (Å²) in [5.74, 6) is 0.675. The zero-order valence-electron chi connectivity index (χ0n) is 11.6. The minimum atomic E-state index is -0.218. The number of aliphatic hydroxyl groups is 1. The standard InChI is InChI=1S/C14H27N3O/c1-14(8-4-3-7-12(14)18)11-16-13(15)17-9-5-2-6-10-17/h12,18H,2-11H2,1H3,(H2,15,16). The first-order valence-corrected chi connectivity index (χ1v) is 7.35. The highest BCUT2D eigenvalue weighted by Gasteiger charge is 2.35. The number of nitrogens with two attached hydrogens (primary N) is 1. The Morgan fingerprint density at radius 3 is 2.67 bits per heavy atom. The number of aliphatic hydroxyl groups excluding tert-OH is 1. The van der Waals surface area contributed by atoms with E-state index in [4.69, 9.17) is 5.73 Å². The second-order valence-corrected chi connectivity index (χ2v) is 6.14. The van der Waals surface area contributed by atoms with Crippen LogP contribution in [0.1, 0.15) is 51.9 Å². The van der Waals surface area contributed by atoms with Gasteiger partial charge in [-0.3, -0.25) is 4.99 Å². The molecule has 104 valence electrons. The van der Waals surface area contributed by atoms with Crippen LogP contribution in [0.25, 0.3) is 0 Å². The van der Waals surface area contributed by atoms with Crippen LogP contribution in [0.3, 0.4) is 0 Å². The van der Waals surface area contributed by atoms with E-state index in [0.29, 0.717) is 12.5 Å². The zero-order chi connectivity index (χ0) is 13.0. The van der Waals surface area contributed by atoms with Crippen LogP contribution in [-0.4, -0.2) is 41.7 Å². The fraction of sp³-hybridized carbons (Fsp3) is 0.929. The molecule has 1 aliphatic carbocycles. The molecule has 1 aliphatic heterocycles. The van der Waals surface area contributed by atoms with E-state index in [-0.39, 0.29) is 11.5 Å². The van der Waals surface area contributed by atoms with Gasteiger partial charge in [-0.05, 0) is 32.1 Å². The highest BCUT2D eigenvalue weighted by atomic mass is 16.3. The van der Waals surface area contributed by atoms with Gasteiger partial charge in [-0.25, -0.2) is 0 Å². The normalized spacial score (nSPS) is 34.7. The van der Waals surface area contributed by atoms with E-state index in [1.54, 1.807) is 0 Å². The van der Waals surface area contributed by atoms with Crippen molar-refractivity contribution in [1.29, 1.82) is 0 Å². The third-order valence-electron chi connectivity index (χ3n) is 4.56. The maximum absolute atomic E-state index is 10.1. The average Bonchev–Trinajstić information content (AvgIpc) is 2.41. The Morgan fingerprint density at radius 2 is 2.00 bits per heavy atom. The Labute approximate surface area is 110 Å². The Balaban J connectivity index is 1.91. The summed E-state index contributed by atoms with van der Waals surface area (Å²) in [7, 11) is 0. The number of piperidine rings is 1. The summed E-state index contributed by atoms with van der Waals surface area (Å²) in [4.78, 5) is 6.74. The van der Waals surface area contributed by atoms with E-state index in [1.807, 2.05) is 0 Å². The van der Waals surface area contributed by atoms with Crippen LogP contribution >= 0.6 is 0 Å². The maximum atomic E-state index is 10.1. The van der Waals surface area contributed by atoms with Crippen LogP contribution in [0.2, 0.25) is 0 Å². The van der Waals surface area contributed by atoms with E-state index in [1.165, 1.54) is 25.7 Å². The van der Waals surface area contributed by atoms with Crippen molar-refractivity contribution in [3.63, 3.8) is 0 Å². The highest BCUT2D eigenvalue weighted by molar-refractivity contribution is 5.78. The molecular formula is C14H27N3O. The Morgan fingerprint density at radius 1 is 1.28 bits per heavy atom. The van der Waals surface area contributed by atoms with Gasteiger partial charge in [0.1, 0.15) is 0 Å². The lowest BCUT2D eigenvalue weighted by Gasteiger charge is -2.37. The molecule has 0 bridgehead atoms. The molecule has 0 radical (unpaired) electrons. The predicted octanol–water partition coefficient (Wildman–Crippen LogP) is 1.73. The molecule has 0 aromatic carbocycles. The van der Waals surface area contributed by atoms with Crippen LogP contribution in [0, 0.1) is 5.41 Å². The van der Waals surface area contributed by atoms with Gasteiger partial charge >= 0.3 is 0 Å². The molecule has 4 nitrogen and oxygen atoms in total. The number of guanidine groups is 1. The molecule has 0 aromatic rings. The van der Waals surface area contributed by atoms with Crippen LogP contribution in [0.15, 0.2) is 4.99 Å². The van der Waals surface area contributed by atoms with Crippen molar-refractivity contribution in [3.05, 3.63) is 0 Å². The number of nitrogens with zero attached hydrogens (tertiary/aromatic N) is 2. The number of aliphatic imine (C=N–C) groups is 1. The van der Waals surface area contributed by atoms with Crippen molar-refractivity contribution >= 4 is 5.96 Å². The molecule has 18 heavy (non-hydrogen) atoms. The van der Waals surface area contributed by atoms with E-state index >= 15 is 0 Å². The molecule has 4 heteroatoms. The first-order chi connectivity index (χ1) is 8.62. The van der Waals surface area contributed by atoms with Gasteiger partial charge < -0.3 is 15.7 Å². The van der Waals surface area contributed by atoms with Gasteiger partial charge in [-0.1, -0.05) is 19.8 Å². The van der Waals surface area contributed by atoms with Crippen molar-refractivity contribution < 1.29 is 5.11 Å². The monoisotopic (exact) mass is 253 g/mol. The molecule has 2 aliphatic rings. The second kappa shape index (κ2) is 5.91. The fourth-order valence-electron chi connectivity index (χ4n) is 3.05. The van der Waals surface area contributed by atoms with Crippen molar-refractivity contribution in [2.75, 3.05) is 19.6 Å². The zero-order valence-corrected chi connectivity index (χ0v) is 11.6. The number of likely N-dealkylation sites (tertiary alicyclic amines) is 1. The van der Waals surface area contributed by atoms with Crippen LogP contribution < -0.4 is 5.73 Å².